The number of nitrogens with zero attached hydrogens (tertiary/aromatic N) is 2. The molecule has 0 aliphatic carbocycles. The molecule has 1 amide bonds. The Balaban J connectivity index is 2.49. The van der Waals surface area contributed by atoms with E-state index in [9.17, 15) is 4.79 Å². The van der Waals surface area contributed by atoms with Crippen molar-refractivity contribution in [2.75, 3.05) is 32.6 Å². The third-order valence-electron chi connectivity index (χ3n) is 3.78. The first-order valence-corrected chi connectivity index (χ1v) is 6.73. The minimum atomic E-state index is -0.0583. The Hall–Kier alpha value is -1.55. The van der Waals surface area contributed by atoms with Gasteiger partial charge in [0.25, 0.3) is 0 Å². The van der Waals surface area contributed by atoms with Crippen LogP contribution in [0.15, 0.2) is 18.2 Å². The minimum Gasteiger partial charge on any atom is -0.496 e. The number of amides is 1. The maximum atomic E-state index is 12.6. The maximum Gasteiger partial charge on any atom is 0.244 e. The molecule has 1 aliphatic rings. The highest BCUT2D eigenvalue weighted by atomic mass is 16.5. The molecule has 4 nitrogen and oxygen atoms in total. The van der Waals surface area contributed by atoms with Gasteiger partial charge < -0.3 is 9.64 Å². The number of ether oxygens (including phenoxy) is 1. The van der Waals surface area contributed by atoms with Crippen LogP contribution in [0.25, 0.3) is 0 Å². The van der Waals surface area contributed by atoms with Crippen LogP contribution in [0.3, 0.4) is 0 Å². The molecule has 1 aromatic rings. The smallest absolute Gasteiger partial charge is 0.244 e. The van der Waals surface area contributed by atoms with Gasteiger partial charge in [0.2, 0.25) is 5.91 Å². The number of benzene rings is 1. The van der Waals surface area contributed by atoms with Gasteiger partial charge in [-0.1, -0.05) is 6.07 Å². The van der Waals surface area contributed by atoms with Crippen LogP contribution in [-0.4, -0.2) is 44.6 Å². The highest BCUT2D eigenvalue weighted by molar-refractivity contribution is 5.98. The monoisotopic (exact) mass is 262 g/mol. The highest BCUT2D eigenvalue weighted by Crippen LogP contribution is 2.34. The fraction of sp³-hybridized carbons (Fsp3) is 0.533. The molecule has 0 aromatic heterocycles. The van der Waals surface area contributed by atoms with Crippen LogP contribution in [0.2, 0.25) is 0 Å². The number of rotatable bonds is 3. The van der Waals surface area contributed by atoms with Crippen LogP contribution in [-0.2, 0) is 11.2 Å². The van der Waals surface area contributed by atoms with E-state index >= 15 is 0 Å². The first kappa shape index (κ1) is 13.9. The van der Waals surface area contributed by atoms with Crippen molar-refractivity contribution in [2.24, 2.45) is 0 Å². The molecular formula is C15H22N2O2. The second kappa shape index (κ2) is 5.61. The molecule has 1 aromatic carbocycles. The summed E-state index contributed by atoms with van der Waals surface area (Å²) in [6.45, 7) is 2.70. The molecule has 0 N–H and O–H groups in total. The number of carbonyl (C=O) groups excluding carboxylic acids is 1. The Bertz CT molecular complexity index is 471. The molecule has 0 saturated heterocycles. The third-order valence-corrected chi connectivity index (χ3v) is 3.78. The molecule has 0 saturated carbocycles. The Morgan fingerprint density at radius 1 is 1.42 bits per heavy atom. The number of hydrogen-bond acceptors (Lipinski definition) is 3. The topological polar surface area (TPSA) is 32.8 Å². The van der Waals surface area contributed by atoms with Crippen LogP contribution >= 0.6 is 0 Å². The summed E-state index contributed by atoms with van der Waals surface area (Å²) in [5, 5.41) is 0. The number of anilines is 1. The van der Waals surface area contributed by atoms with E-state index in [0.717, 1.165) is 29.8 Å². The summed E-state index contributed by atoms with van der Waals surface area (Å²) < 4.78 is 5.44. The van der Waals surface area contributed by atoms with E-state index in [1.807, 2.05) is 49.0 Å². The minimum absolute atomic E-state index is 0.0583. The molecule has 1 aliphatic heterocycles. The van der Waals surface area contributed by atoms with Gasteiger partial charge in [0.1, 0.15) is 5.75 Å². The van der Waals surface area contributed by atoms with E-state index in [2.05, 4.69) is 0 Å². The Morgan fingerprint density at radius 2 is 2.16 bits per heavy atom. The summed E-state index contributed by atoms with van der Waals surface area (Å²) in [6, 6.07) is 5.87. The Labute approximate surface area is 115 Å². The predicted octanol–water partition coefficient (Wildman–Crippen LogP) is 1.92. The van der Waals surface area contributed by atoms with Gasteiger partial charge in [-0.2, -0.15) is 0 Å². The second-order valence-electron chi connectivity index (χ2n) is 5.06. The van der Waals surface area contributed by atoms with E-state index in [4.69, 9.17) is 4.74 Å². The van der Waals surface area contributed by atoms with Crippen LogP contribution in [0.1, 0.15) is 18.9 Å². The van der Waals surface area contributed by atoms with Gasteiger partial charge in [-0.25, -0.2) is 0 Å². The largest absolute Gasteiger partial charge is 0.496 e. The van der Waals surface area contributed by atoms with Crippen molar-refractivity contribution in [3.05, 3.63) is 23.8 Å². The molecule has 0 fully saturated rings. The van der Waals surface area contributed by atoms with Crippen LogP contribution < -0.4 is 9.64 Å². The lowest BCUT2D eigenvalue weighted by molar-refractivity contribution is -0.122. The van der Waals surface area contributed by atoms with Crippen molar-refractivity contribution in [2.45, 2.75) is 25.8 Å². The number of likely N-dealkylation sites (N-methyl/N-ethyl adjacent to an activating group) is 2. The quantitative estimate of drug-likeness (QED) is 0.834. The zero-order valence-electron chi connectivity index (χ0n) is 12.1. The molecule has 19 heavy (non-hydrogen) atoms. The van der Waals surface area contributed by atoms with Gasteiger partial charge in [-0.05, 0) is 46.0 Å². The highest BCUT2D eigenvalue weighted by Gasteiger charge is 2.31. The molecular weight excluding hydrogens is 240 g/mol. The fourth-order valence-electron chi connectivity index (χ4n) is 2.76. The van der Waals surface area contributed by atoms with Gasteiger partial charge in [0.15, 0.2) is 0 Å². The first-order valence-electron chi connectivity index (χ1n) is 6.73. The molecule has 4 heteroatoms. The standard InChI is InChI=1S/C15H22N2O2/c1-5-17-12-7-6-8-14(19-4)11(12)9-10-13(15(17)18)16(2)3/h6-8,13H,5,9-10H2,1-4H3/t13-/m0/s1. The van der Waals surface area contributed by atoms with Gasteiger partial charge in [0, 0.05) is 12.1 Å². The fourth-order valence-corrected chi connectivity index (χ4v) is 2.76. The molecule has 0 spiro atoms. The van der Waals surface area contributed by atoms with E-state index in [0.29, 0.717) is 6.54 Å². The maximum absolute atomic E-state index is 12.6. The molecule has 1 atom stereocenters. The normalized spacial score (nSPS) is 19.3. The van der Waals surface area contributed by atoms with E-state index in [-0.39, 0.29) is 11.9 Å². The van der Waals surface area contributed by atoms with Crippen LogP contribution in [0.4, 0.5) is 5.69 Å². The summed E-state index contributed by atoms with van der Waals surface area (Å²) in [6.07, 6.45) is 1.69. The molecule has 0 radical (unpaired) electrons. The first-order chi connectivity index (χ1) is 9.10. The lowest BCUT2D eigenvalue weighted by Gasteiger charge is -2.27. The third kappa shape index (κ3) is 2.45. The molecule has 1 heterocycles. The number of carbonyl (C=O) groups is 1. The lowest BCUT2D eigenvalue weighted by Crippen LogP contribution is -2.45. The second-order valence-corrected chi connectivity index (χ2v) is 5.06. The molecule has 0 unspecified atom stereocenters. The summed E-state index contributed by atoms with van der Waals surface area (Å²) in [5.41, 5.74) is 2.14. The van der Waals surface area contributed by atoms with E-state index in [1.165, 1.54) is 0 Å². The average Bonchev–Trinajstić information content (AvgIpc) is 2.54. The van der Waals surface area contributed by atoms with Crippen LogP contribution in [0, 0.1) is 0 Å². The summed E-state index contributed by atoms with van der Waals surface area (Å²) in [7, 11) is 5.61. The number of methoxy groups -OCH3 is 1. The van der Waals surface area contributed by atoms with Crippen molar-refractivity contribution >= 4 is 11.6 Å². The molecule has 104 valence electrons. The van der Waals surface area contributed by atoms with Crippen LogP contribution in [0.5, 0.6) is 5.75 Å². The van der Waals surface area contributed by atoms with Gasteiger partial charge in [-0.3, -0.25) is 9.69 Å². The van der Waals surface area contributed by atoms with E-state index < -0.39 is 0 Å². The number of fused-ring (bicyclic) bond motifs is 1. The van der Waals surface area contributed by atoms with Gasteiger partial charge in [-0.15, -0.1) is 0 Å². The number of hydrogen-bond donors (Lipinski definition) is 0. The van der Waals surface area contributed by atoms with Crippen molar-refractivity contribution in [1.82, 2.24) is 4.90 Å². The van der Waals surface area contributed by atoms with Crippen molar-refractivity contribution in [1.29, 1.82) is 0 Å². The Kier molecular flexibility index (Phi) is 4.10. The zero-order valence-corrected chi connectivity index (χ0v) is 12.1. The van der Waals surface area contributed by atoms with Crippen molar-refractivity contribution in [3.8, 4) is 5.75 Å². The van der Waals surface area contributed by atoms with Gasteiger partial charge in [0.05, 0.1) is 18.8 Å². The Morgan fingerprint density at radius 3 is 2.74 bits per heavy atom. The van der Waals surface area contributed by atoms with Gasteiger partial charge >= 0.3 is 0 Å². The lowest BCUT2D eigenvalue weighted by atomic mass is 10.0. The summed E-state index contributed by atoms with van der Waals surface area (Å²) >= 11 is 0. The predicted molar refractivity (Wildman–Crippen MR) is 76.8 cm³/mol. The van der Waals surface area contributed by atoms with E-state index in [1.54, 1.807) is 7.11 Å². The average molecular weight is 262 g/mol. The molecule has 2 rings (SSSR count). The van der Waals surface area contributed by atoms with Crippen molar-refractivity contribution in [3.63, 3.8) is 0 Å². The SMILES string of the molecule is CCN1C(=O)[C@@H](N(C)C)CCc2c(OC)cccc21. The zero-order chi connectivity index (χ0) is 14.0. The molecule has 0 bridgehead atoms. The summed E-state index contributed by atoms with van der Waals surface area (Å²) in [5.74, 6) is 1.06. The summed E-state index contributed by atoms with van der Waals surface area (Å²) in [4.78, 5) is 16.5. The van der Waals surface area contributed by atoms with Crippen molar-refractivity contribution < 1.29 is 9.53 Å².